The highest BCUT2D eigenvalue weighted by Crippen LogP contribution is 2.32. The predicted octanol–water partition coefficient (Wildman–Crippen LogP) is 5.90. The quantitative estimate of drug-likeness (QED) is 0.702. The molecule has 1 amide bonds. The second-order valence-corrected chi connectivity index (χ2v) is 8.54. The van der Waals surface area contributed by atoms with Crippen LogP contribution < -0.4 is 0 Å². The van der Waals surface area contributed by atoms with Crippen molar-refractivity contribution in [3.63, 3.8) is 0 Å². The monoisotopic (exact) mass is 395 g/mol. The molecule has 1 unspecified atom stereocenters. The second kappa shape index (κ2) is 8.68. The van der Waals surface area contributed by atoms with Gasteiger partial charge in [0.1, 0.15) is 5.60 Å². The Morgan fingerprint density at radius 3 is 2.07 bits per heavy atom. The summed E-state index contributed by atoms with van der Waals surface area (Å²) in [6.45, 7) is 6.38. The Kier molecular flexibility index (Phi) is 6.26. The van der Waals surface area contributed by atoms with Crippen molar-refractivity contribution in [3.8, 4) is 11.1 Å². The number of rotatable bonds is 3. The first-order chi connectivity index (χ1) is 13.7. The van der Waals surface area contributed by atoms with Gasteiger partial charge in [0.2, 0.25) is 0 Å². The number of likely N-dealkylation sites (tertiary alicyclic amines) is 1. The van der Waals surface area contributed by atoms with Gasteiger partial charge in [0.05, 0.1) is 11.6 Å². The van der Waals surface area contributed by atoms with Crippen LogP contribution in [0.1, 0.15) is 68.4 Å². The molecule has 1 aliphatic rings. The summed E-state index contributed by atoms with van der Waals surface area (Å²) >= 11 is 0. The van der Waals surface area contributed by atoms with Crippen molar-refractivity contribution in [1.82, 2.24) is 4.90 Å². The molecule has 2 aromatic rings. The summed E-state index contributed by atoms with van der Waals surface area (Å²) in [5.74, 6) is -0.928. The van der Waals surface area contributed by atoms with Crippen molar-refractivity contribution < 1.29 is 19.4 Å². The standard InChI is InChI=1S/C24H29NO4/c1-24(2,3)29-23(28)25-16-6-4-5-7-21(25)19-12-8-17(9-13-19)18-10-14-20(15-11-18)22(26)27/h8-15,21H,4-7,16H2,1-3H3,(H,26,27). The molecule has 0 bridgehead atoms. The first-order valence-corrected chi connectivity index (χ1v) is 10.2. The molecule has 1 fully saturated rings. The van der Waals surface area contributed by atoms with Crippen LogP contribution in [0.15, 0.2) is 48.5 Å². The van der Waals surface area contributed by atoms with Gasteiger partial charge >= 0.3 is 12.1 Å². The van der Waals surface area contributed by atoms with E-state index in [2.05, 4.69) is 12.1 Å². The highest BCUT2D eigenvalue weighted by Gasteiger charge is 2.30. The first kappa shape index (κ1) is 20.9. The lowest BCUT2D eigenvalue weighted by atomic mass is 9.97. The van der Waals surface area contributed by atoms with Crippen LogP contribution in [0.4, 0.5) is 4.79 Å². The lowest BCUT2D eigenvalue weighted by molar-refractivity contribution is 0.0163. The summed E-state index contributed by atoms with van der Waals surface area (Å²) in [6.07, 6.45) is 3.86. The Labute approximate surface area is 172 Å². The molecule has 5 heteroatoms. The first-order valence-electron chi connectivity index (χ1n) is 10.2. The molecular weight excluding hydrogens is 366 g/mol. The Morgan fingerprint density at radius 2 is 1.52 bits per heavy atom. The minimum Gasteiger partial charge on any atom is -0.478 e. The third-order valence-electron chi connectivity index (χ3n) is 5.14. The number of carbonyl (C=O) groups is 2. The molecule has 0 aliphatic carbocycles. The van der Waals surface area contributed by atoms with Crippen molar-refractivity contribution in [2.24, 2.45) is 0 Å². The highest BCUT2D eigenvalue weighted by molar-refractivity contribution is 5.88. The van der Waals surface area contributed by atoms with E-state index in [4.69, 9.17) is 9.84 Å². The summed E-state index contributed by atoms with van der Waals surface area (Å²) in [5, 5.41) is 9.05. The maximum Gasteiger partial charge on any atom is 0.410 e. The normalized spacial score (nSPS) is 17.5. The van der Waals surface area contributed by atoms with Gasteiger partial charge in [-0.25, -0.2) is 9.59 Å². The van der Waals surface area contributed by atoms with Gasteiger partial charge in [-0.15, -0.1) is 0 Å². The number of hydrogen-bond donors (Lipinski definition) is 1. The van der Waals surface area contributed by atoms with Gasteiger partial charge in [0, 0.05) is 6.54 Å². The number of hydrogen-bond acceptors (Lipinski definition) is 3. The maximum absolute atomic E-state index is 12.8. The van der Waals surface area contributed by atoms with Gasteiger partial charge in [-0.3, -0.25) is 0 Å². The Balaban J connectivity index is 1.81. The summed E-state index contributed by atoms with van der Waals surface area (Å²) in [6, 6.07) is 15.1. The second-order valence-electron chi connectivity index (χ2n) is 8.54. The number of carbonyl (C=O) groups excluding carboxylic acids is 1. The van der Waals surface area contributed by atoms with Crippen LogP contribution >= 0.6 is 0 Å². The summed E-state index contributed by atoms with van der Waals surface area (Å²) in [7, 11) is 0. The zero-order valence-electron chi connectivity index (χ0n) is 17.4. The molecule has 0 radical (unpaired) electrons. The molecule has 0 aromatic heterocycles. The summed E-state index contributed by atoms with van der Waals surface area (Å²) < 4.78 is 5.65. The number of aromatic carboxylic acids is 1. The Morgan fingerprint density at radius 1 is 0.931 bits per heavy atom. The number of carboxylic acids is 1. The minimum absolute atomic E-state index is 0.00999. The molecule has 1 saturated heterocycles. The van der Waals surface area contributed by atoms with E-state index in [0.29, 0.717) is 6.54 Å². The maximum atomic E-state index is 12.8. The fourth-order valence-electron chi connectivity index (χ4n) is 3.70. The van der Waals surface area contributed by atoms with Crippen LogP contribution in [-0.2, 0) is 4.74 Å². The average Bonchev–Trinajstić information content (AvgIpc) is 2.93. The van der Waals surface area contributed by atoms with Crippen molar-refractivity contribution in [2.75, 3.05) is 6.54 Å². The number of nitrogens with zero attached hydrogens (tertiary/aromatic N) is 1. The summed E-state index contributed by atoms with van der Waals surface area (Å²) in [5.41, 5.74) is 2.84. The number of amides is 1. The van der Waals surface area contributed by atoms with E-state index < -0.39 is 11.6 Å². The predicted molar refractivity (Wildman–Crippen MR) is 113 cm³/mol. The van der Waals surface area contributed by atoms with E-state index >= 15 is 0 Å². The van der Waals surface area contributed by atoms with Crippen LogP contribution in [-0.4, -0.2) is 34.2 Å². The van der Waals surface area contributed by atoms with E-state index in [9.17, 15) is 9.59 Å². The smallest absolute Gasteiger partial charge is 0.410 e. The van der Waals surface area contributed by atoms with Gasteiger partial charge in [-0.2, -0.15) is 0 Å². The van der Waals surface area contributed by atoms with Gasteiger partial charge in [0.15, 0.2) is 0 Å². The molecule has 2 aromatic carbocycles. The highest BCUT2D eigenvalue weighted by atomic mass is 16.6. The molecule has 29 heavy (non-hydrogen) atoms. The van der Waals surface area contributed by atoms with Gasteiger partial charge in [0.25, 0.3) is 0 Å². The topological polar surface area (TPSA) is 66.8 Å². The van der Waals surface area contributed by atoms with Gasteiger partial charge < -0.3 is 14.7 Å². The zero-order chi connectivity index (χ0) is 21.0. The van der Waals surface area contributed by atoms with E-state index in [-0.39, 0.29) is 17.7 Å². The number of benzene rings is 2. The van der Waals surface area contributed by atoms with Gasteiger partial charge in [-0.05, 0) is 62.4 Å². The van der Waals surface area contributed by atoms with Crippen LogP contribution in [0, 0.1) is 0 Å². The lowest BCUT2D eigenvalue weighted by Gasteiger charge is -2.32. The van der Waals surface area contributed by atoms with Crippen molar-refractivity contribution in [2.45, 2.75) is 58.1 Å². The minimum atomic E-state index is -0.928. The molecule has 1 aliphatic heterocycles. The molecule has 3 rings (SSSR count). The SMILES string of the molecule is CC(C)(C)OC(=O)N1CCCCCC1c1ccc(-c2ccc(C(=O)O)cc2)cc1. The number of carboxylic acid groups (broad SMARTS) is 1. The molecule has 5 nitrogen and oxygen atoms in total. The zero-order valence-corrected chi connectivity index (χ0v) is 17.4. The molecular formula is C24H29NO4. The Hall–Kier alpha value is -2.82. The lowest BCUT2D eigenvalue weighted by Crippen LogP contribution is -2.39. The van der Waals surface area contributed by atoms with Crippen LogP contribution in [0.3, 0.4) is 0 Å². The molecule has 154 valence electrons. The van der Waals surface area contributed by atoms with E-state index in [0.717, 1.165) is 42.4 Å². The molecule has 0 spiro atoms. The van der Waals surface area contributed by atoms with E-state index in [1.807, 2.05) is 49.9 Å². The molecule has 1 heterocycles. The third-order valence-corrected chi connectivity index (χ3v) is 5.14. The molecule has 0 saturated carbocycles. The molecule has 1 atom stereocenters. The van der Waals surface area contributed by atoms with Gasteiger partial charge in [-0.1, -0.05) is 49.2 Å². The van der Waals surface area contributed by atoms with Crippen LogP contribution in [0.2, 0.25) is 0 Å². The summed E-state index contributed by atoms with van der Waals surface area (Å²) in [4.78, 5) is 25.7. The fourth-order valence-corrected chi connectivity index (χ4v) is 3.70. The van der Waals surface area contributed by atoms with Crippen LogP contribution in [0.5, 0.6) is 0 Å². The Bertz CT molecular complexity index is 850. The van der Waals surface area contributed by atoms with Crippen molar-refractivity contribution >= 4 is 12.1 Å². The van der Waals surface area contributed by atoms with E-state index in [1.54, 1.807) is 12.1 Å². The van der Waals surface area contributed by atoms with Crippen molar-refractivity contribution in [3.05, 3.63) is 59.7 Å². The van der Waals surface area contributed by atoms with Crippen LogP contribution in [0.25, 0.3) is 11.1 Å². The van der Waals surface area contributed by atoms with E-state index in [1.165, 1.54) is 0 Å². The average molecular weight is 395 g/mol. The molecule has 1 N–H and O–H groups in total. The van der Waals surface area contributed by atoms with Crippen molar-refractivity contribution in [1.29, 1.82) is 0 Å². The largest absolute Gasteiger partial charge is 0.478 e. The number of ether oxygens (including phenoxy) is 1. The third kappa shape index (κ3) is 5.37. The fraction of sp³-hybridized carbons (Fsp3) is 0.417.